The summed E-state index contributed by atoms with van der Waals surface area (Å²) in [6, 6.07) is 19.6. The van der Waals surface area contributed by atoms with Gasteiger partial charge in [-0.3, -0.25) is 0 Å². The van der Waals surface area contributed by atoms with Crippen LogP contribution in [0.5, 0.6) is 0 Å². The molecule has 0 spiro atoms. The third kappa shape index (κ3) is 5.93. The van der Waals surface area contributed by atoms with E-state index in [-0.39, 0.29) is 5.57 Å². The molecule has 1 aliphatic heterocycles. The molecular formula is C24H14Br2N2O. The molecule has 1 aliphatic rings. The van der Waals surface area contributed by atoms with Gasteiger partial charge in [0.25, 0.3) is 0 Å². The summed E-state index contributed by atoms with van der Waals surface area (Å²) in [7, 11) is 0. The number of ether oxygens (including phenoxy) is 1. The van der Waals surface area contributed by atoms with E-state index in [0.29, 0.717) is 17.1 Å². The minimum Gasteiger partial charge on any atom is -0.457 e. The highest BCUT2D eigenvalue weighted by atomic mass is 79.9. The van der Waals surface area contributed by atoms with Crippen molar-refractivity contribution in [2.75, 3.05) is 0 Å². The van der Waals surface area contributed by atoms with Crippen molar-refractivity contribution in [3.05, 3.63) is 116 Å². The SMILES string of the molecule is N#CC(C#N)=C1C=C(/C=C/c2cccc(Br)c2)OC(/C=C/c2cccc(Br)c2)=C1. The third-order valence-corrected chi connectivity index (χ3v) is 4.91. The topological polar surface area (TPSA) is 56.8 Å². The van der Waals surface area contributed by atoms with Crippen molar-refractivity contribution in [1.29, 1.82) is 10.5 Å². The standard InChI is InChI=1S/C24H14Br2N2O/c25-21-5-1-3-17(11-21)7-9-23-13-19(20(15-27)16-28)14-24(29-23)10-8-18-4-2-6-22(26)12-18/h1-14H/b9-7+,10-8+. The molecule has 0 aromatic heterocycles. The van der Waals surface area contributed by atoms with Gasteiger partial charge >= 0.3 is 0 Å². The summed E-state index contributed by atoms with van der Waals surface area (Å²) in [4.78, 5) is 0. The van der Waals surface area contributed by atoms with Crippen LogP contribution in [-0.2, 0) is 4.74 Å². The Bertz CT molecular complexity index is 1080. The van der Waals surface area contributed by atoms with E-state index < -0.39 is 0 Å². The number of nitriles is 2. The zero-order chi connectivity index (χ0) is 20.6. The van der Waals surface area contributed by atoms with Gasteiger partial charge in [-0.05, 0) is 59.7 Å². The fourth-order valence-corrected chi connectivity index (χ4v) is 3.42. The first-order valence-corrected chi connectivity index (χ1v) is 10.2. The van der Waals surface area contributed by atoms with Crippen molar-refractivity contribution in [1.82, 2.24) is 0 Å². The maximum atomic E-state index is 9.25. The van der Waals surface area contributed by atoms with Crippen LogP contribution in [0.4, 0.5) is 0 Å². The third-order valence-electron chi connectivity index (χ3n) is 3.92. The molecule has 0 saturated carbocycles. The predicted molar refractivity (Wildman–Crippen MR) is 122 cm³/mol. The summed E-state index contributed by atoms with van der Waals surface area (Å²) in [6.45, 7) is 0. The minimum atomic E-state index is 0.0370. The molecule has 0 aliphatic carbocycles. The van der Waals surface area contributed by atoms with Crippen LogP contribution >= 0.6 is 31.9 Å². The van der Waals surface area contributed by atoms with Crippen molar-refractivity contribution in [2.45, 2.75) is 0 Å². The summed E-state index contributed by atoms with van der Waals surface area (Å²) < 4.78 is 7.89. The van der Waals surface area contributed by atoms with Gasteiger partial charge in [0.05, 0.1) is 0 Å². The summed E-state index contributed by atoms with van der Waals surface area (Å²) in [5, 5.41) is 18.5. The molecule has 0 N–H and O–H groups in total. The Morgan fingerprint density at radius 2 is 1.24 bits per heavy atom. The second-order valence-electron chi connectivity index (χ2n) is 6.03. The molecule has 3 nitrogen and oxygen atoms in total. The van der Waals surface area contributed by atoms with Gasteiger partial charge in [0.2, 0.25) is 0 Å². The molecule has 0 unspecified atom stereocenters. The Morgan fingerprint density at radius 3 is 1.66 bits per heavy atom. The number of nitrogens with zero attached hydrogens (tertiary/aromatic N) is 2. The van der Waals surface area contributed by atoms with E-state index in [2.05, 4.69) is 31.9 Å². The fourth-order valence-electron chi connectivity index (χ4n) is 2.58. The first-order valence-electron chi connectivity index (χ1n) is 8.60. The summed E-state index contributed by atoms with van der Waals surface area (Å²) in [5.74, 6) is 1.08. The Morgan fingerprint density at radius 1 is 0.759 bits per heavy atom. The molecule has 1 heterocycles. The monoisotopic (exact) mass is 504 g/mol. The normalized spacial score (nSPS) is 13.4. The number of halogens is 2. The first-order chi connectivity index (χ1) is 14.1. The smallest absolute Gasteiger partial charge is 0.137 e. The highest BCUT2D eigenvalue weighted by Gasteiger charge is 2.11. The number of hydrogen-bond donors (Lipinski definition) is 0. The van der Waals surface area contributed by atoms with Crippen molar-refractivity contribution in [3.63, 3.8) is 0 Å². The number of benzene rings is 2. The van der Waals surface area contributed by atoms with E-state index in [9.17, 15) is 10.5 Å². The van der Waals surface area contributed by atoms with Gasteiger partial charge in [0, 0.05) is 14.5 Å². The van der Waals surface area contributed by atoms with Gasteiger partial charge in [0.1, 0.15) is 29.2 Å². The predicted octanol–water partition coefficient (Wildman–Crippen LogP) is 7.08. The molecule has 0 atom stereocenters. The molecular weight excluding hydrogens is 492 g/mol. The number of hydrogen-bond acceptors (Lipinski definition) is 3. The van der Waals surface area contributed by atoms with Crippen LogP contribution in [0.2, 0.25) is 0 Å². The van der Waals surface area contributed by atoms with Crippen LogP contribution in [0.15, 0.2) is 104 Å². The van der Waals surface area contributed by atoms with E-state index in [1.165, 1.54) is 0 Å². The molecule has 5 heteroatoms. The Hall–Kier alpha value is -3.12. The minimum absolute atomic E-state index is 0.0370. The van der Waals surface area contributed by atoms with Crippen molar-refractivity contribution in [2.24, 2.45) is 0 Å². The Kier molecular flexibility index (Phi) is 7.03. The maximum Gasteiger partial charge on any atom is 0.137 e. The van der Waals surface area contributed by atoms with Gasteiger partial charge in [-0.25, -0.2) is 0 Å². The van der Waals surface area contributed by atoms with Gasteiger partial charge < -0.3 is 4.74 Å². The zero-order valence-corrected chi connectivity index (χ0v) is 18.3. The molecule has 140 valence electrons. The van der Waals surface area contributed by atoms with Crippen LogP contribution in [-0.4, -0.2) is 0 Å². The Balaban J connectivity index is 1.91. The van der Waals surface area contributed by atoms with Crippen LogP contribution in [0, 0.1) is 22.7 Å². The summed E-state index contributed by atoms with van der Waals surface area (Å²) in [5.41, 5.74) is 2.55. The van der Waals surface area contributed by atoms with Gasteiger partial charge in [-0.2, -0.15) is 10.5 Å². The van der Waals surface area contributed by atoms with E-state index >= 15 is 0 Å². The molecule has 2 aromatic rings. The lowest BCUT2D eigenvalue weighted by molar-refractivity contribution is 0.332. The molecule has 0 bridgehead atoms. The van der Waals surface area contributed by atoms with Crippen molar-refractivity contribution >= 4 is 44.0 Å². The first kappa shape index (κ1) is 20.6. The molecule has 3 rings (SSSR count). The second kappa shape index (κ2) is 9.89. The van der Waals surface area contributed by atoms with Crippen LogP contribution in [0.3, 0.4) is 0 Å². The molecule has 0 saturated heterocycles. The van der Waals surface area contributed by atoms with Gasteiger partial charge in [-0.15, -0.1) is 0 Å². The van der Waals surface area contributed by atoms with E-state index in [1.807, 2.05) is 85.0 Å². The molecule has 2 aromatic carbocycles. The number of allylic oxidation sites excluding steroid dienone is 6. The fraction of sp³-hybridized carbons (Fsp3) is 0. The lowest BCUT2D eigenvalue weighted by atomic mass is 10.1. The maximum absolute atomic E-state index is 9.25. The summed E-state index contributed by atoms with van der Waals surface area (Å²) >= 11 is 6.90. The van der Waals surface area contributed by atoms with Gasteiger partial charge in [0.15, 0.2) is 0 Å². The van der Waals surface area contributed by atoms with E-state index in [0.717, 1.165) is 20.1 Å². The largest absolute Gasteiger partial charge is 0.457 e. The van der Waals surface area contributed by atoms with Crippen LogP contribution < -0.4 is 0 Å². The van der Waals surface area contributed by atoms with Crippen LogP contribution in [0.1, 0.15) is 11.1 Å². The average molecular weight is 506 g/mol. The van der Waals surface area contributed by atoms with E-state index in [1.54, 1.807) is 12.2 Å². The average Bonchev–Trinajstić information content (AvgIpc) is 2.72. The lowest BCUT2D eigenvalue weighted by Crippen LogP contribution is -1.98. The van der Waals surface area contributed by atoms with Gasteiger partial charge in [-0.1, -0.05) is 68.3 Å². The molecule has 0 fully saturated rings. The lowest BCUT2D eigenvalue weighted by Gasteiger charge is -2.14. The number of rotatable bonds is 4. The zero-order valence-electron chi connectivity index (χ0n) is 15.1. The van der Waals surface area contributed by atoms with Crippen LogP contribution in [0.25, 0.3) is 12.2 Å². The Labute approximate surface area is 186 Å². The highest BCUT2D eigenvalue weighted by Crippen LogP contribution is 2.25. The highest BCUT2D eigenvalue weighted by molar-refractivity contribution is 9.10. The van der Waals surface area contributed by atoms with Crippen molar-refractivity contribution < 1.29 is 4.74 Å². The second-order valence-corrected chi connectivity index (χ2v) is 7.86. The van der Waals surface area contributed by atoms with Crippen molar-refractivity contribution in [3.8, 4) is 12.1 Å². The molecule has 0 radical (unpaired) electrons. The summed E-state index contributed by atoms with van der Waals surface area (Å²) in [6.07, 6.45) is 10.8. The molecule has 0 amide bonds. The molecule has 29 heavy (non-hydrogen) atoms. The quantitative estimate of drug-likeness (QED) is 0.417. The van der Waals surface area contributed by atoms with E-state index in [4.69, 9.17) is 4.74 Å².